The Kier molecular flexibility index (Phi) is 4.37. The lowest BCUT2D eigenvalue weighted by atomic mass is 10.1. The van der Waals surface area contributed by atoms with E-state index in [4.69, 9.17) is 4.74 Å². The molecule has 2 unspecified atom stereocenters. The lowest BCUT2D eigenvalue weighted by molar-refractivity contribution is 0.0937. The van der Waals surface area contributed by atoms with E-state index in [0.29, 0.717) is 12.6 Å². The van der Waals surface area contributed by atoms with Crippen LogP contribution in [-0.2, 0) is 11.3 Å². The molecule has 1 aromatic rings. The van der Waals surface area contributed by atoms with Gasteiger partial charge in [-0.3, -0.25) is 4.79 Å². The summed E-state index contributed by atoms with van der Waals surface area (Å²) in [6, 6.07) is 7.97. The first kappa shape index (κ1) is 13.1. The molecule has 2 rings (SSSR count). The van der Waals surface area contributed by atoms with Crippen molar-refractivity contribution < 1.29 is 9.53 Å². The normalized spacial score (nSPS) is 23.0. The molecule has 0 radical (unpaired) electrons. The molecule has 98 valence electrons. The van der Waals surface area contributed by atoms with Gasteiger partial charge < -0.3 is 10.1 Å². The van der Waals surface area contributed by atoms with Gasteiger partial charge in [-0.25, -0.2) is 0 Å². The van der Waals surface area contributed by atoms with Crippen molar-refractivity contribution in [3.05, 3.63) is 35.4 Å². The minimum Gasteiger partial charge on any atom is -0.380 e. The molecule has 0 spiro atoms. The van der Waals surface area contributed by atoms with Crippen LogP contribution < -0.4 is 5.32 Å². The summed E-state index contributed by atoms with van der Waals surface area (Å²) in [5.74, 6) is 0.766. The molecule has 2 atom stereocenters. The van der Waals surface area contributed by atoms with Gasteiger partial charge in [-0.15, -0.1) is 0 Å². The first-order valence-corrected chi connectivity index (χ1v) is 6.57. The summed E-state index contributed by atoms with van der Waals surface area (Å²) in [6.45, 7) is 2.78. The topological polar surface area (TPSA) is 38.3 Å². The molecule has 18 heavy (non-hydrogen) atoms. The summed E-state index contributed by atoms with van der Waals surface area (Å²) in [5, 5.41) is 3.12. The molecule has 0 heterocycles. The van der Waals surface area contributed by atoms with Crippen molar-refractivity contribution in [1.82, 2.24) is 5.32 Å². The fourth-order valence-corrected chi connectivity index (χ4v) is 2.58. The number of amides is 1. The standard InChI is InChI=1S/C15H21NO2/c1-11-6-7-14(8-11)16-15(17)13-5-3-4-12(9-13)10-18-2/h3-5,9,11,14H,6-8,10H2,1-2H3,(H,16,17). The van der Waals surface area contributed by atoms with Crippen LogP contribution in [0.1, 0.15) is 42.1 Å². The lowest BCUT2D eigenvalue weighted by Crippen LogP contribution is -2.32. The van der Waals surface area contributed by atoms with Crippen LogP contribution in [0.25, 0.3) is 0 Å². The van der Waals surface area contributed by atoms with Gasteiger partial charge in [-0.05, 0) is 42.9 Å². The highest BCUT2D eigenvalue weighted by Crippen LogP contribution is 2.24. The predicted molar refractivity (Wildman–Crippen MR) is 71.4 cm³/mol. The number of ether oxygens (including phenoxy) is 1. The van der Waals surface area contributed by atoms with E-state index in [2.05, 4.69) is 12.2 Å². The van der Waals surface area contributed by atoms with Gasteiger partial charge >= 0.3 is 0 Å². The van der Waals surface area contributed by atoms with Crippen LogP contribution in [0.15, 0.2) is 24.3 Å². The van der Waals surface area contributed by atoms with E-state index in [9.17, 15) is 4.79 Å². The van der Waals surface area contributed by atoms with Crippen molar-refractivity contribution in [3.8, 4) is 0 Å². The molecule has 0 bridgehead atoms. The second kappa shape index (κ2) is 6.01. The number of benzene rings is 1. The Bertz CT molecular complexity index is 417. The van der Waals surface area contributed by atoms with E-state index in [1.165, 1.54) is 6.42 Å². The van der Waals surface area contributed by atoms with E-state index < -0.39 is 0 Å². The number of rotatable bonds is 4. The number of nitrogens with one attached hydrogen (secondary N) is 1. The summed E-state index contributed by atoms with van der Waals surface area (Å²) in [4.78, 5) is 12.1. The van der Waals surface area contributed by atoms with Crippen molar-refractivity contribution in [3.63, 3.8) is 0 Å². The summed E-state index contributed by atoms with van der Waals surface area (Å²) < 4.78 is 5.08. The number of carbonyl (C=O) groups excluding carboxylic acids is 1. The van der Waals surface area contributed by atoms with Gasteiger partial charge in [0, 0.05) is 18.7 Å². The highest BCUT2D eigenvalue weighted by atomic mass is 16.5. The molecule has 1 fully saturated rings. The van der Waals surface area contributed by atoms with Crippen LogP contribution >= 0.6 is 0 Å². The number of hydrogen-bond acceptors (Lipinski definition) is 2. The van der Waals surface area contributed by atoms with Crippen molar-refractivity contribution in [2.75, 3.05) is 7.11 Å². The molecule has 1 aromatic carbocycles. The molecule has 1 aliphatic rings. The lowest BCUT2D eigenvalue weighted by Gasteiger charge is -2.13. The second-order valence-electron chi connectivity index (χ2n) is 5.22. The third-order valence-electron chi connectivity index (χ3n) is 3.53. The maximum atomic E-state index is 12.1. The van der Waals surface area contributed by atoms with Gasteiger partial charge in [-0.2, -0.15) is 0 Å². The second-order valence-corrected chi connectivity index (χ2v) is 5.22. The third-order valence-corrected chi connectivity index (χ3v) is 3.53. The first-order valence-electron chi connectivity index (χ1n) is 6.57. The molecule has 1 saturated carbocycles. The Balaban J connectivity index is 1.97. The molecular weight excluding hydrogens is 226 g/mol. The Morgan fingerprint density at radius 3 is 2.94 bits per heavy atom. The highest BCUT2D eigenvalue weighted by Gasteiger charge is 2.23. The molecular formula is C15H21NO2. The highest BCUT2D eigenvalue weighted by molar-refractivity contribution is 5.94. The average molecular weight is 247 g/mol. The van der Waals surface area contributed by atoms with E-state index in [1.54, 1.807) is 7.11 Å². The Morgan fingerprint density at radius 2 is 2.28 bits per heavy atom. The zero-order chi connectivity index (χ0) is 13.0. The van der Waals surface area contributed by atoms with E-state index in [0.717, 1.165) is 29.9 Å². The quantitative estimate of drug-likeness (QED) is 0.888. The zero-order valence-corrected chi connectivity index (χ0v) is 11.1. The van der Waals surface area contributed by atoms with E-state index in [-0.39, 0.29) is 5.91 Å². The van der Waals surface area contributed by atoms with Gasteiger partial charge in [0.25, 0.3) is 5.91 Å². The van der Waals surface area contributed by atoms with Crippen molar-refractivity contribution in [1.29, 1.82) is 0 Å². The van der Waals surface area contributed by atoms with Crippen LogP contribution in [0.3, 0.4) is 0 Å². The summed E-state index contributed by atoms with van der Waals surface area (Å²) in [5.41, 5.74) is 1.76. The average Bonchev–Trinajstić information content (AvgIpc) is 2.75. The molecule has 0 aliphatic heterocycles. The van der Waals surface area contributed by atoms with Crippen LogP contribution in [-0.4, -0.2) is 19.1 Å². The van der Waals surface area contributed by atoms with Gasteiger partial charge in [0.2, 0.25) is 0 Å². The van der Waals surface area contributed by atoms with Crippen LogP contribution in [0.2, 0.25) is 0 Å². The third kappa shape index (κ3) is 3.33. The Hall–Kier alpha value is -1.35. The van der Waals surface area contributed by atoms with Crippen molar-refractivity contribution >= 4 is 5.91 Å². The summed E-state index contributed by atoms with van der Waals surface area (Å²) in [7, 11) is 1.66. The molecule has 0 aromatic heterocycles. The fourth-order valence-electron chi connectivity index (χ4n) is 2.58. The van der Waals surface area contributed by atoms with Crippen LogP contribution in [0.5, 0.6) is 0 Å². The monoisotopic (exact) mass is 247 g/mol. The SMILES string of the molecule is COCc1cccc(C(=O)NC2CCC(C)C2)c1. The largest absolute Gasteiger partial charge is 0.380 e. The number of methoxy groups -OCH3 is 1. The molecule has 1 aliphatic carbocycles. The smallest absolute Gasteiger partial charge is 0.251 e. The van der Waals surface area contributed by atoms with Gasteiger partial charge in [0.1, 0.15) is 0 Å². The van der Waals surface area contributed by atoms with Crippen LogP contribution in [0.4, 0.5) is 0 Å². The summed E-state index contributed by atoms with van der Waals surface area (Å²) >= 11 is 0. The minimum absolute atomic E-state index is 0.0343. The Labute approximate surface area is 109 Å². The Morgan fingerprint density at radius 1 is 1.44 bits per heavy atom. The maximum Gasteiger partial charge on any atom is 0.251 e. The van der Waals surface area contributed by atoms with Gasteiger partial charge in [0.15, 0.2) is 0 Å². The van der Waals surface area contributed by atoms with E-state index in [1.807, 2.05) is 24.3 Å². The van der Waals surface area contributed by atoms with Gasteiger partial charge in [-0.1, -0.05) is 19.1 Å². The zero-order valence-electron chi connectivity index (χ0n) is 11.1. The molecule has 1 amide bonds. The maximum absolute atomic E-state index is 12.1. The van der Waals surface area contributed by atoms with Gasteiger partial charge in [0.05, 0.1) is 6.61 Å². The number of hydrogen-bond donors (Lipinski definition) is 1. The molecule has 3 heteroatoms. The summed E-state index contributed by atoms with van der Waals surface area (Å²) in [6.07, 6.45) is 3.42. The molecule has 3 nitrogen and oxygen atoms in total. The number of carbonyl (C=O) groups is 1. The van der Waals surface area contributed by atoms with Crippen LogP contribution in [0, 0.1) is 5.92 Å². The van der Waals surface area contributed by atoms with Crippen molar-refractivity contribution in [2.45, 2.75) is 38.8 Å². The molecule has 0 saturated heterocycles. The van der Waals surface area contributed by atoms with Crippen molar-refractivity contribution in [2.24, 2.45) is 5.92 Å². The predicted octanol–water partition coefficient (Wildman–Crippen LogP) is 2.75. The minimum atomic E-state index is 0.0343. The first-order chi connectivity index (χ1) is 8.69. The molecule has 1 N–H and O–H groups in total. The van der Waals surface area contributed by atoms with E-state index >= 15 is 0 Å². The fraction of sp³-hybridized carbons (Fsp3) is 0.533.